The van der Waals surface area contributed by atoms with Crippen LogP contribution in [0.5, 0.6) is 0 Å². The fraction of sp³-hybridized carbons (Fsp3) is 0.211. The molecule has 3 aromatic rings. The first-order chi connectivity index (χ1) is 13.0. The summed E-state index contributed by atoms with van der Waals surface area (Å²) >= 11 is 13.3. The maximum absolute atomic E-state index is 12.5. The van der Waals surface area contributed by atoms with Crippen molar-refractivity contribution in [2.75, 3.05) is 12.8 Å². The number of nitrogens with zero attached hydrogens (tertiary/aromatic N) is 3. The van der Waals surface area contributed by atoms with E-state index >= 15 is 0 Å². The van der Waals surface area contributed by atoms with E-state index in [1.807, 2.05) is 43.3 Å². The maximum atomic E-state index is 12.5. The summed E-state index contributed by atoms with van der Waals surface area (Å²) in [5.41, 5.74) is 1.68. The molecule has 1 aromatic heterocycles. The Morgan fingerprint density at radius 3 is 2.56 bits per heavy atom. The van der Waals surface area contributed by atoms with Gasteiger partial charge in [0.25, 0.3) is 5.22 Å². The number of rotatable bonds is 6. The largest absolute Gasteiger partial charge is 0.411 e. The molecule has 27 heavy (non-hydrogen) atoms. The number of thioether (sulfide) groups is 1. The first kappa shape index (κ1) is 19.7. The Balaban J connectivity index is 1.60. The van der Waals surface area contributed by atoms with E-state index in [1.165, 1.54) is 11.8 Å². The third kappa shape index (κ3) is 4.83. The molecule has 5 nitrogen and oxygen atoms in total. The van der Waals surface area contributed by atoms with Gasteiger partial charge in [-0.2, -0.15) is 0 Å². The second kappa shape index (κ2) is 8.78. The molecule has 0 N–H and O–H groups in total. The van der Waals surface area contributed by atoms with Gasteiger partial charge in [0.05, 0.1) is 22.4 Å². The summed E-state index contributed by atoms with van der Waals surface area (Å²) in [5, 5.41) is 9.51. The topological polar surface area (TPSA) is 59.2 Å². The van der Waals surface area contributed by atoms with Crippen molar-refractivity contribution >= 4 is 40.9 Å². The number of benzene rings is 2. The van der Waals surface area contributed by atoms with Crippen LogP contribution in [0.3, 0.4) is 0 Å². The lowest BCUT2D eigenvalue weighted by atomic mass is 10.1. The molecule has 3 rings (SSSR count). The van der Waals surface area contributed by atoms with Crippen LogP contribution in [0.4, 0.5) is 0 Å². The Morgan fingerprint density at radius 2 is 1.85 bits per heavy atom. The van der Waals surface area contributed by atoms with Gasteiger partial charge in [0.1, 0.15) is 0 Å². The minimum Gasteiger partial charge on any atom is -0.411 e. The van der Waals surface area contributed by atoms with Crippen molar-refractivity contribution in [1.29, 1.82) is 0 Å². The van der Waals surface area contributed by atoms with Crippen LogP contribution < -0.4 is 0 Å². The van der Waals surface area contributed by atoms with Crippen molar-refractivity contribution in [3.8, 4) is 11.5 Å². The van der Waals surface area contributed by atoms with Gasteiger partial charge in [-0.25, -0.2) is 0 Å². The van der Waals surface area contributed by atoms with Crippen molar-refractivity contribution in [2.24, 2.45) is 0 Å². The van der Waals surface area contributed by atoms with Crippen LogP contribution in [-0.4, -0.2) is 33.8 Å². The molecular weight excluding hydrogens is 405 g/mol. The van der Waals surface area contributed by atoms with Gasteiger partial charge in [-0.1, -0.05) is 59.2 Å². The van der Waals surface area contributed by atoms with Gasteiger partial charge >= 0.3 is 0 Å². The first-order valence-corrected chi connectivity index (χ1v) is 9.92. The van der Waals surface area contributed by atoms with Crippen molar-refractivity contribution in [3.05, 3.63) is 64.1 Å². The average Bonchev–Trinajstić information content (AvgIpc) is 3.14. The van der Waals surface area contributed by atoms with E-state index in [0.29, 0.717) is 26.7 Å². The van der Waals surface area contributed by atoms with Crippen LogP contribution in [0, 0.1) is 0 Å². The Morgan fingerprint density at radius 1 is 1.15 bits per heavy atom. The minimum absolute atomic E-state index is 0.0417. The number of carbonyl (C=O) groups excluding carboxylic acids is 1. The Labute approximate surface area is 171 Å². The van der Waals surface area contributed by atoms with E-state index < -0.39 is 0 Å². The average molecular weight is 422 g/mol. The van der Waals surface area contributed by atoms with Crippen LogP contribution >= 0.6 is 35.0 Å². The summed E-state index contributed by atoms with van der Waals surface area (Å²) in [4.78, 5) is 14.2. The lowest BCUT2D eigenvalue weighted by Gasteiger charge is -2.25. The fourth-order valence-corrected chi connectivity index (χ4v) is 3.45. The molecular formula is C19H17Cl2N3O2S. The number of aromatic nitrogens is 2. The van der Waals surface area contributed by atoms with Gasteiger partial charge in [0.2, 0.25) is 11.8 Å². The molecule has 1 atom stereocenters. The highest BCUT2D eigenvalue weighted by Crippen LogP contribution is 2.29. The predicted octanol–water partition coefficient (Wildman–Crippen LogP) is 5.36. The van der Waals surface area contributed by atoms with Gasteiger partial charge < -0.3 is 9.32 Å². The number of carbonyl (C=O) groups is 1. The summed E-state index contributed by atoms with van der Waals surface area (Å²) < 4.78 is 5.61. The van der Waals surface area contributed by atoms with Crippen molar-refractivity contribution in [2.45, 2.75) is 18.2 Å². The van der Waals surface area contributed by atoms with Crippen LogP contribution in [0.15, 0.2) is 58.2 Å². The van der Waals surface area contributed by atoms with Gasteiger partial charge in [0.15, 0.2) is 0 Å². The highest BCUT2D eigenvalue weighted by Gasteiger charge is 2.19. The SMILES string of the molecule is CC(c1ccc(Cl)cc1)N(C)C(=O)CSc1nnc(-c2ccccc2Cl)o1. The van der Waals surface area contributed by atoms with Crippen molar-refractivity contribution < 1.29 is 9.21 Å². The lowest BCUT2D eigenvalue weighted by Crippen LogP contribution is -2.31. The molecule has 1 heterocycles. The van der Waals surface area contributed by atoms with E-state index in [-0.39, 0.29) is 17.7 Å². The molecule has 0 saturated heterocycles. The second-order valence-corrected chi connectivity index (χ2v) is 7.64. The van der Waals surface area contributed by atoms with E-state index in [0.717, 1.165) is 5.56 Å². The normalized spacial score (nSPS) is 12.0. The van der Waals surface area contributed by atoms with Crippen LogP contribution in [0.1, 0.15) is 18.5 Å². The summed E-state index contributed by atoms with van der Waals surface area (Å²) in [6, 6.07) is 14.6. The third-order valence-corrected chi connectivity index (χ3v) is 5.54. The zero-order chi connectivity index (χ0) is 19.4. The molecule has 0 radical (unpaired) electrons. The number of halogens is 2. The molecule has 8 heteroatoms. The van der Waals surface area contributed by atoms with E-state index in [4.69, 9.17) is 27.6 Å². The highest BCUT2D eigenvalue weighted by molar-refractivity contribution is 7.99. The number of amides is 1. The standard InChI is InChI=1S/C19H17Cl2N3O2S/c1-12(13-7-9-14(20)10-8-13)24(2)17(25)11-27-19-23-22-18(26-19)15-5-3-4-6-16(15)21/h3-10,12H,11H2,1-2H3. The molecule has 0 aliphatic heterocycles. The Hall–Kier alpha value is -2.02. The van der Waals surface area contributed by atoms with Crippen LogP contribution in [0.25, 0.3) is 11.5 Å². The van der Waals surface area contributed by atoms with E-state index in [9.17, 15) is 4.79 Å². The predicted molar refractivity (Wildman–Crippen MR) is 108 cm³/mol. The molecule has 0 aliphatic carbocycles. The summed E-state index contributed by atoms with van der Waals surface area (Å²) in [7, 11) is 1.77. The van der Waals surface area contributed by atoms with Crippen LogP contribution in [0.2, 0.25) is 10.0 Å². The monoisotopic (exact) mass is 421 g/mol. The highest BCUT2D eigenvalue weighted by atomic mass is 35.5. The summed E-state index contributed by atoms with van der Waals surface area (Å²) in [5.74, 6) is 0.483. The Kier molecular flexibility index (Phi) is 6.42. The zero-order valence-electron chi connectivity index (χ0n) is 14.7. The second-order valence-electron chi connectivity index (χ2n) is 5.87. The van der Waals surface area contributed by atoms with Crippen molar-refractivity contribution in [1.82, 2.24) is 15.1 Å². The Bertz CT molecular complexity index is 931. The van der Waals surface area contributed by atoms with E-state index in [2.05, 4.69) is 10.2 Å². The molecule has 1 unspecified atom stereocenters. The molecule has 0 bridgehead atoms. The fourth-order valence-electron chi connectivity index (χ4n) is 2.42. The molecule has 0 aliphatic rings. The molecule has 2 aromatic carbocycles. The molecule has 0 spiro atoms. The molecule has 0 saturated carbocycles. The van der Waals surface area contributed by atoms with Gasteiger partial charge in [-0.05, 0) is 36.8 Å². The first-order valence-electron chi connectivity index (χ1n) is 8.18. The summed E-state index contributed by atoms with van der Waals surface area (Å²) in [6.07, 6.45) is 0. The third-order valence-electron chi connectivity index (χ3n) is 4.16. The van der Waals surface area contributed by atoms with E-state index in [1.54, 1.807) is 24.1 Å². The van der Waals surface area contributed by atoms with Gasteiger partial charge in [-0.15, -0.1) is 10.2 Å². The van der Waals surface area contributed by atoms with Crippen molar-refractivity contribution in [3.63, 3.8) is 0 Å². The lowest BCUT2D eigenvalue weighted by molar-refractivity contribution is -0.128. The zero-order valence-corrected chi connectivity index (χ0v) is 17.1. The van der Waals surface area contributed by atoms with Gasteiger partial charge in [0, 0.05) is 12.1 Å². The molecule has 1 amide bonds. The molecule has 140 valence electrons. The molecule has 0 fully saturated rings. The number of hydrogen-bond donors (Lipinski definition) is 0. The quantitative estimate of drug-likeness (QED) is 0.501. The number of hydrogen-bond acceptors (Lipinski definition) is 5. The summed E-state index contributed by atoms with van der Waals surface area (Å²) in [6.45, 7) is 1.97. The smallest absolute Gasteiger partial charge is 0.277 e. The maximum Gasteiger partial charge on any atom is 0.277 e. The van der Waals surface area contributed by atoms with Gasteiger partial charge in [-0.3, -0.25) is 4.79 Å². The minimum atomic E-state index is -0.0725. The van der Waals surface area contributed by atoms with Crippen LogP contribution in [-0.2, 0) is 4.79 Å².